The first-order valence-corrected chi connectivity index (χ1v) is 5.17. The largest absolute Gasteiger partial charge is 0.489 e. The van der Waals surface area contributed by atoms with E-state index < -0.39 is 0 Å². The molecule has 0 aliphatic carbocycles. The van der Waals surface area contributed by atoms with Crippen LogP contribution in [0.4, 0.5) is 5.69 Å². The van der Waals surface area contributed by atoms with Crippen LogP contribution in [0.15, 0.2) is 18.2 Å². The van der Waals surface area contributed by atoms with Gasteiger partial charge in [0, 0.05) is 0 Å². The molecule has 0 bridgehead atoms. The molecule has 1 heterocycles. The molecule has 1 aromatic carbocycles. The van der Waals surface area contributed by atoms with Crippen molar-refractivity contribution in [2.45, 2.75) is 26.8 Å². The van der Waals surface area contributed by atoms with Crippen LogP contribution in [0.25, 0.3) is 0 Å². The fourth-order valence-corrected chi connectivity index (χ4v) is 1.73. The Hall–Kier alpha value is -1.18. The van der Waals surface area contributed by atoms with Gasteiger partial charge in [0.15, 0.2) is 0 Å². The van der Waals surface area contributed by atoms with E-state index in [0.29, 0.717) is 12.0 Å². The van der Waals surface area contributed by atoms with E-state index in [2.05, 4.69) is 44.3 Å². The van der Waals surface area contributed by atoms with Gasteiger partial charge in [0.25, 0.3) is 0 Å². The summed E-state index contributed by atoms with van der Waals surface area (Å²) in [4.78, 5) is 0. The van der Waals surface area contributed by atoms with E-state index in [1.54, 1.807) is 0 Å². The van der Waals surface area contributed by atoms with Gasteiger partial charge < -0.3 is 10.1 Å². The second kappa shape index (κ2) is 3.52. The second-order valence-electron chi connectivity index (χ2n) is 4.26. The summed E-state index contributed by atoms with van der Waals surface area (Å²) in [6.45, 7) is 7.27. The number of anilines is 1. The summed E-state index contributed by atoms with van der Waals surface area (Å²) in [7, 11) is 0. The van der Waals surface area contributed by atoms with Gasteiger partial charge in [0.05, 0.1) is 11.7 Å². The predicted molar refractivity (Wildman–Crippen MR) is 58.9 cm³/mol. The Bertz CT molecular complexity index is 333. The highest BCUT2D eigenvalue weighted by Gasteiger charge is 2.21. The van der Waals surface area contributed by atoms with Gasteiger partial charge in [-0.05, 0) is 24.5 Å². The Morgan fingerprint density at radius 1 is 1.43 bits per heavy atom. The molecule has 0 saturated carbocycles. The summed E-state index contributed by atoms with van der Waals surface area (Å²) in [5.74, 6) is 1.62. The maximum absolute atomic E-state index is 5.77. The normalized spacial score (nSPS) is 19.9. The Morgan fingerprint density at radius 3 is 2.93 bits per heavy atom. The molecule has 2 rings (SSSR count). The van der Waals surface area contributed by atoms with E-state index in [4.69, 9.17) is 4.74 Å². The van der Waals surface area contributed by atoms with Crippen molar-refractivity contribution in [1.82, 2.24) is 0 Å². The van der Waals surface area contributed by atoms with Crippen molar-refractivity contribution < 1.29 is 4.74 Å². The third kappa shape index (κ3) is 1.57. The topological polar surface area (TPSA) is 21.3 Å². The van der Waals surface area contributed by atoms with Crippen LogP contribution in [0.2, 0.25) is 0 Å². The Labute approximate surface area is 85.3 Å². The number of fused-ring (bicyclic) bond motifs is 1. The van der Waals surface area contributed by atoms with Crippen LogP contribution in [0.5, 0.6) is 5.75 Å². The van der Waals surface area contributed by atoms with Crippen molar-refractivity contribution in [1.29, 1.82) is 0 Å². The number of benzene rings is 1. The highest BCUT2D eigenvalue weighted by molar-refractivity contribution is 5.61. The lowest BCUT2D eigenvalue weighted by atomic mass is 10.0. The molecule has 1 N–H and O–H groups in total. The SMILES string of the molecule is Cc1cccc2c1OCC(C(C)C)N2. The summed E-state index contributed by atoms with van der Waals surface area (Å²) in [6, 6.07) is 6.66. The van der Waals surface area contributed by atoms with Crippen molar-refractivity contribution in [3.8, 4) is 5.75 Å². The lowest BCUT2D eigenvalue weighted by Gasteiger charge is -2.30. The zero-order valence-electron chi connectivity index (χ0n) is 9.00. The molecule has 0 saturated heterocycles. The Morgan fingerprint density at radius 2 is 2.21 bits per heavy atom. The molecule has 1 atom stereocenters. The van der Waals surface area contributed by atoms with Gasteiger partial charge in [0.1, 0.15) is 12.4 Å². The Balaban J connectivity index is 2.27. The zero-order valence-corrected chi connectivity index (χ0v) is 9.00. The van der Waals surface area contributed by atoms with Crippen molar-refractivity contribution in [2.75, 3.05) is 11.9 Å². The molecular weight excluding hydrogens is 174 g/mol. The number of para-hydroxylation sites is 1. The summed E-state index contributed by atoms with van der Waals surface area (Å²) < 4.78 is 5.77. The molecule has 1 aliphatic rings. The third-order valence-corrected chi connectivity index (χ3v) is 2.76. The van der Waals surface area contributed by atoms with E-state index in [0.717, 1.165) is 18.0 Å². The van der Waals surface area contributed by atoms with Crippen LogP contribution >= 0.6 is 0 Å². The highest BCUT2D eigenvalue weighted by Crippen LogP contribution is 2.33. The highest BCUT2D eigenvalue weighted by atomic mass is 16.5. The van der Waals surface area contributed by atoms with Crippen LogP contribution in [0.1, 0.15) is 19.4 Å². The first-order chi connectivity index (χ1) is 6.68. The van der Waals surface area contributed by atoms with E-state index in [1.165, 1.54) is 5.56 Å². The minimum absolute atomic E-state index is 0.435. The van der Waals surface area contributed by atoms with Crippen molar-refractivity contribution >= 4 is 5.69 Å². The van der Waals surface area contributed by atoms with Gasteiger partial charge in [-0.2, -0.15) is 0 Å². The monoisotopic (exact) mass is 191 g/mol. The number of ether oxygens (including phenoxy) is 1. The van der Waals surface area contributed by atoms with Crippen molar-refractivity contribution in [3.05, 3.63) is 23.8 Å². The number of nitrogens with one attached hydrogen (secondary N) is 1. The molecule has 76 valence electrons. The smallest absolute Gasteiger partial charge is 0.145 e. The summed E-state index contributed by atoms with van der Waals surface area (Å²) in [5.41, 5.74) is 2.34. The molecule has 14 heavy (non-hydrogen) atoms. The second-order valence-corrected chi connectivity index (χ2v) is 4.26. The van der Waals surface area contributed by atoms with Gasteiger partial charge in [-0.1, -0.05) is 26.0 Å². The van der Waals surface area contributed by atoms with Crippen molar-refractivity contribution in [3.63, 3.8) is 0 Å². The zero-order chi connectivity index (χ0) is 10.1. The fourth-order valence-electron chi connectivity index (χ4n) is 1.73. The quantitative estimate of drug-likeness (QED) is 0.737. The maximum atomic E-state index is 5.77. The average Bonchev–Trinajstić information content (AvgIpc) is 2.17. The van der Waals surface area contributed by atoms with Gasteiger partial charge in [-0.25, -0.2) is 0 Å². The average molecular weight is 191 g/mol. The maximum Gasteiger partial charge on any atom is 0.145 e. The van der Waals surface area contributed by atoms with E-state index in [1.807, 2.05) is 0 Å². The van der Waals surface area contributed by atoms with Crippen LogP contribution in [-0.2, 0) is 0 Å². The lowest BCUT2D eigenvalue weighted by molar-refractivity contribution is 0.256. The van der Waals surface area contributed by atoms with Crippen LogP contribution in [0.3, 0.4) is 0 Å². The third-order valence-electron chi connectivity index (χ3n) is 2.76. The molecule has 0 amide bonds. The molecule has 0 aromatic heterocycles. The Kier molecular flexibility index (Phi) is 2.36. The predicted octanol–water partition coefficient (Wildman–Crippen LogP) is 2.82. The summed E-state index contributed by atoms with van der Waals surface area (Å²) in [5, 5.41) is 3.51. The molecule has 2 nitrogen and oxygen atoms in total. The van der Waals surface area contributed by atoms with Gasteiger partial charge >= 0.3 is 0 Å². The van der Waals surface area contributed by atoms with Gasteiger partial charge in [-0.3, -0.25) is 0 Å². The fraction of sp³-hybridized carbons (Fsp3) is 0.500. The first-order valence-electron chi connectivity index (χ1n) is 5.17. The van der Waals surface area contributed by atoms with Gasteiger partial charge in [0.2, 0.25) is 0 Å². The van der Waals surface area contributed by atoms with E-state index >= 15 is 0 Å². The first kappa shape index (κ1) is 9.38. The van der Waals surface area contributed by atoms with Crippen LogP contribution in [0, 0.1) is 12.8 Å². The molecule has 0 fully saturated rings. The number of rotatable bonds is 1. The molecule has 1 aliphatic heterocycles. The van der Waals surface area contributed by atoms with Crippen molar-refractivity contribution in [2.24, 2.45) is 5.92 Å². The molecule has 2 heteroatoms. The summed E-state index contributed by atoms with van der Waals surface area (Å²) in [6.07, 6.45) is 0. The van der Waals surface area contributed by atoms with Crippen LogP contribution in [-0.4, -0.2) is 12.6 Å². The van der Waals surface area contributed by atoms with E-state index in [-0.39, 0.29) is 0 Å². The molecular formula is C12H17NO. The van der Waals surface area contributed by atoms with E-state index in [9.17, 15) is 0 Å². The summed E-state index contributed by atoms with van der Waals surface area (Å²) >= 11 is 0. The molecule has 0 spiro atoms. The van der Waals surface area contributed by atoms with Gasteiger partial charge in [-0.15, -0.1) is 0 Å². The molecule has 1 aromatic rings. The minimum Gasteiger partial charge on any atom is -0.489 e. The van der Waals surface area contributed by atoms with Crippen LogP contribution < -0.4 is 10.1 Å². The standard InChI is InChI=1S/C12H17NO/c1-8(2)11-7-14-12-9(3)5-4-6-10(12)13-11/h4-6,8,11,13H,7H2,1-3H3. The lowest BCUT2D eigenvalue weighted by Crippen LogP contribution is -2.35. The molecule has 0 radical (unpaired) electrons. The minimum atomic E-state index is 0.435. The molecule has 1 unspecified atom stereocenters. The number of hydrogen-bond acceptors (Lipinski definition) is 2. The number of hydrogen-bond donors (Lipinski definition) is 1. The number of aryl methyl sites for hydroxylation is 1.